The van der Waals surface area contributed by atoms with Crippen LogP contribution >= 0.6 is 11.3 Å². The zero-order valence-electron chi connectivity index (χ0n) is 10.9. The largest absolute Gasteiger partial charge is 0.348 e. The number of nitrogens with zero attached hydrogens (tertiary/aromatic N) is 2. The second-order valence-electron chi connectivity index (χ2n) is 5.12. The quantitative estimate of drug-likeness (QED) is 0.822. The first-order valence-electron chi connectivity index (χ1n) is 6.55. The van der Waals surface area contributed by atoms with E-state index in [1.165, 1.54) is 40.6 Å². The van der Waals surface area contributed by atoms with Crippen molar-refractivity contribution in [3.8, 4) is 10.4 Å². The van der Waals surface area contributed by atoms with E-state index in [2.05, 4.69) is 48.0 Å². The standard InChI is InChI=1S/C15H18N2S/c1-11(2)12-4-6-13(7-5-12)14-10-16-15(18-14)17-8-3-9-17/h4-7,10-11H,3,8-9H2,1-2H3. The highest BCUT2D eigenvalue weighted by Gasteiger charge is 2.17. The Morgan fingerprint density at radius 3 is 2.44 bits per heavy atom. The normalized spacial score (nSPS) is 14.9. The number of hydrogen-bond acceptors (Lipinski definition) is 3. The summed E-state index contributed by atoms with van der Waals surface area (Å²) < 4.78 is 0. The SMILES string of the molecule is CC(C)c1ccc(-c2cnc(N3CCC3)s2)cc1. The monoisotopic (exact) mass is 258 g/mol. The summed E-state index contributed by atoms with van der Waals surface area (Å²) >= 11 is 1.80. The zero-order chi connectivity index (χ0) is 12.5. The lowest BCUT2D eigenvalue weighted by molar-refractivity contribution is 0.616. The fraction of sp³-hybridized carbons (Fsp3) is 0.400. The first-order valence-corrected chi connectivity index (χ1v) is 7.37. The molecule has 1 aromatic heterocycles. The minimum atomic E-state index is 0.595. The number of aromatic nitrogens is 1. The first kappa shape index (κ1) is 11.7. The number of anilines is 1. The molecule has 1 saturated heterocycles. The van der Waals surface area contributed by atoms with Crippen LogP contribution in [0.25, 0.3) is 10.4 Å². The third-order valence-corrected chi connectivity index (χ3v) is 4.59. The molecule has 0 atom stereocenters. The molecule has 94 valence electrons. The summed E-state index contributed by atoms with van der Waals surface area (Å²) in [6.45, 7) is 6.78. The van der Waals surface area contributed by atoms with Crippen molar-refractivity contribution < 1.29 is 0 Å². The molecule has 3 heteroatoms. The molecule has 18 heavy (non-hydrogen) atoms. The van der Waals surface area contributed by atoms with E-state index in [-0.39, 0.29) is 0 Å². The molecular weight excluding hydrogens is 240 g/mol. The molecule has 0 unspecified atom stereocenters. The Morgan fingerprint density at radius 1 is 1.17 bits per heavy atom. The molecule has 2 aromatic rings. The van der Waals surface area contributed by atoms with E-state index in [4.69, 9.17) is 0 Å². The van der Waals surface area contributed by atoms with Crippen molar-refractivity contribution in [2.24, 2.45) is 0 Å². The minimum absolute atomic E-state index is 0.595. The second-order valence-corrected chi connectivity index (χ2v) is 6.13. The van der Waals surface area contributed by atoms with Gasteiger partial charge in [0.25, 0.3) is 0 Å². The number of benzene rings is 1. The van der Waals surface area contributed by atoms with Crippen molar-refractivity contribution in [2.75, 3.05) is 18.0 Å². The number of thiazole rings is 1. The van der Waals surface area contributed by atoms with Crippen LogP contribution in [0.2, 0.25) is 0 Å². The highest BCUT2D eigenvalue weighted by atomic mass is 32.1. The first-order chi connectivity index (χ1) is 8.74. The molecule has 0 N–H and O–H groups in total. The molecule has 1 aliphatic rings. The van der Waals surface area contributed by atoms with Gasteiger partial charge < -0.3 is 4.90 Å². The average Bonchev–Trinajstić information content (AvgIpc) is 2.76. The molecule has 1 aliphatic heterocycles. The molecule has 2 heterocycles. The van der Waals surface area contributed by atoms with Crippen LogP contribution in [-0.2, 0) is 0 Å². The van der Waals surface area contributed by atoms with Crippen LogP contribution in [0.3, 0.4) is 0 Å². The maximum atomic E-state index is 4.52. The van der Waals surface area contributed by atoms with Crippen molar-refractivity contribution in [1.29, 1.82) is 0 Å². The predicted octanol–water partition coefficient (Wildman–Crippen LogP) is 4.14. The molecular formula is C15H18N2S. The summed E-state index contributed by atoms with van der Waals surface area (Å²) in [5.41, 5.74) is 2.68. The van der Waals surface area contributed by atoms with Gasteiger partial charge in [0, 0.05) is 19.3 Å². The van der Waals surface area contributed by atoms with E-state index >= 15 is 0 Å². The molecule has 1 aromatic carbocycles. The Bertz CT molecular complexity index is 524. The summed E-state index contributed by atoms with van der Waals surface area (Å²) in [5, 5.41) is 1.17. The van der Waals surface area contributed by atoms with Gasteiger partial charge in [-0.15, -0.1) is 0 Å². The van der Waals surface area contributed by atoms with Gasteiger partial charge >= 0.3 is 0 Å². The summed E-state index contributed by atoms with van der Waals surface area (Å²) in [5.74, 6) is 0.595. The van der Waals surface area contributed by atoms with Crippen LogP contribution in [0.15, 0.2) is 30.5 Å². The van der Waals surface area contributed by atoms with Crippen LogP contribution < -0.4 is 4.90 Å². The molecule has 0 bridgehead atoms. The Labute approximate surface area is 112 Å². The topological polar surface area (TPSA) is 16.1 Å². The van der Waals surface area contributed by atoms with Gasteiger partial charge in [0.05, 0.1) is 4.88 Å². The Kier molecular flexibility index (Phi) is 3.08. The smallest absolute Gasteiger partial charge is 0.185 e. The second kappa shape index (κ2) is 4.73. The van der Waals surface area contributed by atoms with Crippen molar-refractivity contribution in [1.82, 2.24) is 4.98 Å². The fourth-order valence-electron chi connectivity index (χ4n) is 2.08. The van der Waals surface area contributed by atoms with Crippen molar-refractivity contribution >= 4 is 16.5 Å². The minimum Gasteiger partial charge on any atom is -0.348 e. The predicted molar refractivity (Wildman–Crippen MR) is 78.5 cm³/mol. The summed E-state index contributed by atoms with van der Waals surface area (Å²) in [4.78, 5) is 8.13. The average molecular weight is 258 g/mol. The van der Waals surface area contributed by atoms with Gasteiger partial charge in [-0.1, -0.05) is 49.4 Å². The molecule has 0 aliphatic carbocycles. The third kappa shape index (κ3) is 2.15. The van der Waals surface area contributed by atoms with Gasteiger partial charge in [-0.2, -0.15) is 0 Å². The van der Waals surface area contributed by atoms with Crippen LogP contribution in [0.1, 0.15) is 31.7 Å². The Balaban J connectivity index is 1.83. The molecule has 2 nitrogen and oxygen atoms in total. The highest BCUT2D eigenvalue weighted by Crippen LogP contribution is 2.33. The molecule has 1 fully saturated rings. The van der Waals surface area contributed by atoms with Crippen LogP contribution in [0, 0.1) is 0 Å². The molecule has 0 radical (unpaired) electrons. The fourth-order valence-corrected chi connectivity index (χ4v) is 3.06. The highest BCUT2D eigenvalue weighted by molar-refractivity contribution is 7.18. The van der Waals surface area contributed by atoms with Gasteiger partial charge in [0.2, 0.25) is 0 Å². The lowest BCUT2D eigenvalue weighted by Gasteiger charge is -2.30. The molecule has 3 rings (SSSR count). The molecule has 0 saturated carbocycles. The Hall–Kier alpha value is -1.35. The zero-order valence-corrected chi connectivity index (χ0v) is 11.7. The lowest BCUT2D eigenvalue weighted by atomic mass is 10.0. The lowest BCUT2D eigenvalue weighted by Crippen LogP contribution is -2.36. The van der Waals surface area contributed by atoms with E-state index in [0.29, 0.717) is 5.92 Å². The van der Waals surface area contributed by atoms with Gasteiger partial charge in [-0.3, -0.25) is 0 Å². The van der Waals surface area contributed by atoms with Crippen molar-refractivity contribution in [3.05, 3.63) is 36.0 Å². The number of hydrogen-bond donors (Lipinski definition) is 0. The van der Waals surface area contributed by atoms with E-state index in [1.807, 2.05) is 6.20 Å². The summed E-state index contributed by atoms with van der Waals surface area (Å²) in [7, 11) is 0. The van der Waals surface area contributed by atoms with E-state index in [0.717, 1.165) is 0 Å². The van der Waals surface area contributed by atoms with Crippen LogP contribution in [-0.4, -0.2) is 18.1 Å². The third-order valence-electron chi connectivity index (χ3n) is 3.48. The Morgan fingerprint density at radius 2 is 1.89 bits per heavy atom. The van der Waals surface area contributed by atoms with Crippen LogP contribution in [0.5, 0.6) is 0 Å². The summed E-state index contributed by atoms with van der Waals surface area (Å²) in [6, 6.07) is 8.87. The van der Waals surface area contributed by atoms with Crippen molar-refractivity contribution in [2.45, 2.75) is 26.2 Å². The van der Waals surface area contributed by atoms with Gasteiger partial charge in [-0.25, -0.2) is 4.98 Å². The van der Waals surface area contributed by atoms with Gasteiger partial charge in [0.15, 0.2) is 5.13 Å². The maximum Gasteiger partial charge on any atom is 0.185 e. The summed E-state index contributed by atoms with van der Waals surface area (Å²) in [6.07, 6.45) is 3.31. The van der Waals surface area contributed by atoms with E-state index < -0.39 is 0 Å². The number of rotatable bonds is 3. The van der Waals surface area contributed by atoms with E-state index in [9.17, 15) is 0 Å². The van der Waals surface area contributed by atoms with Crippen LogP contribution in [0.4, 0.5) is 5.13 Å². The molecule has 0 amide bonds. The van der Waals surface area contributed by atoms with Crippen molar-refractivity contribution in [3.63, 3.8) is 0 Å². The molecule has 0 spiro atoms. The van der Waals surface area contributed by atoms with Gasteiger partial charge in [-0.05, 0) is 23.5 Å². The van der Waals surface area contributed by atoms with Gasteiger partial charge in [0.1, 0.15) is 0 Å². The maximum absolute atomic E-state index is 4.52. The van der Waals surface area contributed by atoms with E-state index in [1.54, 1.807) is 11.3 Å².